The number of rotatable bonds is 1. The number of thioether (sulfide) groups is 2. The molecule has 10 atom stereocenters. The third kappa shape index (κ3) is 2.67. The molecule has 0 aromatic carbocycles. The Morgan fingerprint density at radius 3 is 2.56 bits per heavy atom. The molecule has 2 heterocycles. The average Bonchev–Trinajstić information content (AvgIpc) is 3.44. The topological polar surface area (TPSA) is 77.8 Å². The summed E-state index contributed by atoms with van der Waals surface area (Å²) in [5.74, 6) is -1.40. The van der Waals surface area contributed by atoms with Gasteiger partial charge in [-0.25, -0.2) is 4.39 Å². The summed E-state index contributed by atoms with van der Waals surface area (Å²) < 4.78 is 17.3. The van der Waals surface area contributed by atoms with Crippen LogP contribution >= 0.6 is 23.5 Å². The Morgan fingerprint density at radius 2 is 1.88 bits per heavy atom. The molecule has 34 heavy (non-hydrogen) atoms. The Hall–Kier alpha value is -0.830. The smallest absolute Gasteiger partial charge is 0.255 e. The van der Waals surface area contributed by atoms with Crippen molar-refractivity contribution in [1.82, 2.24) is 4.90 Å². The molecule has 3 saturated carbocycles. The zero-order valence-corrected chi connectivity index (χ0v) is 21.6. The molecule has 8 heteroatoms. The van der Waals surface area contributed by atoms with E-state index in [1.165, 1.54) is 12.2 Å². The number of aliphatic hydroxyl groups excluding tert-OH is 1. The van der Waals surface area contributed by atoms with Crippen LogP contribution in [0.5, 0.6) is 0 Å². The highest BCUT2D eigenvalue weighted by Crippen LogP contribution is 2.70. The molecule has 1 unspecified atom stereocenters. The number of fused-ring (bicyclic) bond motifs is 6. The third-order valence-electron chi connectivity index (χ3n) is 10.6. The van der Waals surface area contributed by atoms with E-state index < -0.39 is 34.1 Å². The lowest BCUT2D eigenvalue weighted by Gasteiger charge is -2.62. The number of carbonyl (C=O) groups is 2. The predicted octanol–water partition coefficient (Wildman–Crippen LogP) is 3.35. The van der Waals surface area contributed by atoms with Gasteiger partial charge in [0.15, 0.2) is 17.1 Å². The molecule has 1 amide bonds. The Morgan fingerprint density at radius 1 is 1.21 bits per heavy atom. The van der Waals surface area contributed by atoms with Crippen molar-refractivity contribution in [3.05, 3.63) is 23.8 Å². The van der Waals surface area contributed by atoms with Crippen LogP contribution in [0.2, 0.25) is 0 Å². The van der Waals surface area contributed by atoms with Crippen molar-refractivity contribution in [2.24, 2.45) is 28.6 Å². The lowest BCUT2D eigenvalue weighted by atomic mass is 9.44. The second-order valence-corrected chi connectivity index (χ2v) is 14.7. The van der Waals surface area contributed by atoms with E-state index in [0.29, 0.717) is 42.9 Å². The van der Waals surface area contributed by atoms with Gasteiger partial charge in [0.25, 0.3) is 5.91 Å². The van der Waals surface area contributed by atoms with Gasteiger partial charge in [-0.3, -0.25) is 9.59 Å². The van der Waals surface area contributed by atoms with Gasteiger partial charge in [0, 0.05) is 45.4 Å². The summed E-state index contributed by atoms with van der Waals surface area (Å²) in [5.41, 5.74) is -4.78. The molecule has 0 aromatic heterocycles. The molecular formula is C26H34FNO4S2. The average molecular weight is 508 g/mol. The summed E-state index contributed by atoms with van der Waals surface area (Å²) in [4.78, 5) is 27.8. The molecular weight excluding hydrogens is 473 g/mol. The lowest BCUT2D eigenvalue weighted by molar-refractivity contribution is -0.222. The zero-order chi connectivity index (χ0) is 24.3. The van der Waals surface area contributed by atoms with Gasteiger partial charge >= 0.3 is 0 Å². The van der Waals surface area contributed by atoms with E-state index in [1.54, 1.807) is 13.0 Å². The van der Waals surface area contributed by atoms with Gasteiger partial charge in [0.1, 0.15) is 0 Å². The number of hydrogen-bond donors (Lipinski definition) is 2. The zero-order valence-electron chi connectivity index (χ0n) is 20.0. The monoisotopic (exact) mass is 507 g/mol. The molecule has 2 saturated heterocycles. The number of likely N-dealkylation sites (tertiary alicyclic amines) is 1. The number of nitrogens with zero attached hydrogens (tertiary/aromatic N) is 1. The van der Waals surface area contributed by atoms with Gasteiger partial charge in [-0.1, -0.05) is 25.5 Å². The first kappa shape index (κ1) is 23.6. The van der Waals surface area contributed by atoms with Crippen molar-refractivity contribution in [2.75, 3.05) is 18.2 Å². The molecule has 2 aliphatic heterocycles. The summed E-state index contributed by atoms with van der Waals surface area (Å²) >= 11 is 3.77. The standard InChI is InChI=1S/C26H34FNO4S2/c1-14-8-18-17-5-4-15-9-16(29)6-7-23(15,2)25(17,27)21(30)10-24(18,3)26(14,32)22(31)28-11-19-20(12-28)34-13-33-19/h6-7,9,14,17-21,30,32H,4-5,8,10-13H2,1-3H3/t14-,17-,18-,19-,20?,21-,23-,24-,25-,26-/m0/s1. The summed E-state index contributed by atoms with van der Waals surface area (Å²) in [7, 11) is 0. The van der Waals surface area contributed by atoms with Crippen LogP contribution in [0, 0.1) is 28.6 Å². The molecule has 6 rings (SSSR count). The van der Waals surface area contributed by atoms with Gasteiger partial charge in [0.2, 0.25) is 0 Å². The number of carbonyl (C=O) groups excluding carboxylic acids is 2. The minimum atomic E-state index is -1.94. The fraction of sp³-hybridized carbons (Fsp3) is 0.769. The molecule has 5 fully saturated rings. The van der Waals surface area contributed by atoms with Crippen molar-refractivity contribution >= 4 is 35.2 Å². The highest BCUT2D eigenvalue weighted by Gasteiger charge is 2.76. The number of hydrogen-bond acceptors (Lipinski definition) is 6. The minimum Gasteiger partial charge on any atom is -0.390 e. The normalized spacial score (nSPS) is 53.8. The molecule has 186 valence electrons. The third-order valence-corrected chi connectivity index (χ3v) is 13.7. The van der Waals surface area contributed by atoms with Crippen LogP contribution in [0.15, 0.2) is 23.8 Å². The highest BCUT2D eigenvalue weighted by atomic mass is 32.2. The Kier molecular flexibility index (Phi) is 5.10. The van der Waals surface area contributed by atoms with Crippen LogP contribution in [0.4, 0.5) is 4.39 Å². The van der Waals surface area contributed by atoms with Crippen LogP contribution in [0.1, 0.15) is 46.5 Å². The molecule has 6 aliphatic rings. The van der Waals surface area contributed by atoms with E-state index in [0.717, 1.165) is 10.7 Å². The Balaban J connectivity index is 1.37. The van der Waals surface area contributed by atoms with Crippen LogP contribution in [0.25, 0.3) is 0 Å². The largest absolute Gasteiger partial charge is 0.390 e. The first-order valence-electron chi connectivity index (χ1n) is 12.5. The van der Waals surface area contributed by atoms with E-state index in [1.807, 2.05) is 42.3 Å². The summed E-state index contributed by atoms with van der Waals surface area (Å²) in [5, 5.41) is 25.6. The quantitative estimate of drug-likeness (QED) is 0.567. The molecule has 0 bridgehead atoms. The van der Waals surface area contributed by atoms with Crippen molar-refractivity contribution < 1.29 is 24.2 Å². The summed E-state index contributed by atoms with van der Waals surface area (Å²) in [6, 6.07) is 0. The molecule has 0 spiro atoms. The van der Waals surface area contributed by atoms with Crippen LogP contribution in [-0.4, -0.2) is 72.9 Å². The van der Waals surface area contributed by atoms with Gasteiger partial charge in [-0.2, -0.15) is 0 Å². The van der Waals surface area contributed by atoms with Crippen molar-refractivity contribution in [3.8, 4) is 0 Å². The van der Waals surface area contributed by atoms with Crippen LogP contribution < -0.4 is 0 Å². The van der Waals surface area contributed by atoms with E-state index in [4.69, 9.17) is 0 Å². The summed E-state index contributed by atoms with van der Waals surface area (Å²) in [6.07, 6.45) is 4.97. The number of halogens is 1. The number of ketones is 1. The van der Waals surface area contributed by atoms with Crippen molar-refractivity contribution in [2.45, 2.75) is 74.3 Å². The van der Waals surface area contributed by atoms with Gasteiger partial charge in [-0.05, 0) is 56.6 Å². The predicted molar refractivity (Wildman–Crippen MR) is 132 cm³/mol. The molecule has 0 aromatic rings. The molecule has 0 radical (unpaired) electrons. The van der Waals surface area contributed by atoms with Gasteiger partial charge in [0.05, 0.1) is 6.10 Å². The number of allylic oxidation sites excluding steroid dienone is 4. The Bertz CT molecular complexity index is 1010. The fourth-order valence-corrected chi connectivity index (χ4v) is 12.0. The van der Waals surface area contributed by atoms with Gasteiger partial charge < -0.3 is 15.1 Å². The second kappa shape index (κ2) is 7.36. The van der Waals surface area contributed by atoms with Crippen molar-refractivity contribution in [3.63, 3.8) is 0 Å². The van der Waals surface area contributed by atoms with Crippen molar-refractivity contribution in [1.29, 1.82) is 0 Å². The maximum Gasteiger partial charge on any atom is 0.255 e. The molecule has 2 N–H and O–H groups in total. The number of alkyl halides is 1. The maximum absolute atomic E-state index is 17.3. The maximum atomic E-state index is 17.3. The van der Waals surface area contributed by atoms with E-state index in [2.05, 4.69) is 0 Å². The van der Waals surface area contributed by atoms with E-state index in [9.17, 15) is 19.8 Å². The second-order valence-electron chi connectivity index (χ2n) is 11.9. The number of aliphatic hydroxyl groups is 2. The van der Waals surface area contributed by atoms with Crippen LogP contribution in [0.3, 0.4) is 0 Å². The SMILES string of the molecule is C[C@H]1C[C@H]2[C@@H]3CCC4=CC(=O)C=C[C@]4(C)[C@@]3(F)[C@@H](O)C[C@]2(C)[C@@]1(O)C(=O)N1CC2SCS[C@H]2C1. The Labute approximate surface area is 209 Å². The van der Waals surface area contributed by atoms with E-state index in [-0.39, 0.29) is 29.9 Å². The molecule has 5 nitrogen and oxygen atoms in total. The fourth-order valence-electron chi connectivity index (χ4n) is 8.69. The van der Waals surface area contributed by atoms with Crippen LogP contribution in [-0.2, 0) is 9.59 Å². The number of amides is 1. The van der Waals surface area contributed by atoms with Gasteiger partial charge in [-0.15, -0.1) is 23.5 Å². The minimum absolute atomic E-state index is 0.0338. The summed E-state index contributed by atoms with van der Waals surface area (Å²) in [6.45, 7) is 6.94. The first-order chi connectivity index (χ1) is 16.0. The van der Waals surface area contributed by atoms with E-state index >= 15 is 4.39 Å². The lowest BCUT2D eigenvalue weighted by Crippen LogP contribution is -2.70. The first-order valence-corrected chi connectivity index (χ1v) is 14.6. The highest BCUT2D eigenvalue weighted by molar-refractivity contribution is 8.19. The molecule has 4 aliphatic carbocycles.